The molecule has 0 spiro atoms. The number of nitriles is 1. The van der Waals surface area contributed by atoms with Crippen molar-refractivity contribution < 1.29 is 9.59 Å². The van der Waals surface area contributed by atoms with Crippen LogP contribution in [-0.4, -0.2) is 40.2 Å². The van der Waals surface area contributed by atoms with E-state index in [9.17, 15) is 14.9 Å². The van der Waals surface area contributed by atoms with E-state index in [4.69, 9.17) is 0 Å². The molecule has 0 saturated carbocycles. The second-order valence-corrected chi connectivity index (χ2v) is 7.80. The van der Waals surface area contributed by atoms with Gasteiger partial charge in [-0.2, -0.15) is 5.26 Å². The van der Waals surface area contributed by atoms with Gasteiger partial charge in [0, 0.05) is 19.5 Å². The van der Waals surface area contributed by atoms with Crippen molar-refractivity contribution in [3.63, 3.8) is 0 Å². The van der Waals surface area contributed by atoms with Crippen LogP contribution in [0.3, 0.4) is 0 Å². The second-order valence-electron chi connectivity index (χ2n) is 7.80. The van der Waals surface area contributed by atoms with Crippen LogP contribution in [0.5, 0.6) is 0 Å². The van der Waals surface area contributed by atoms with Gasteiger partial charge in [0.05, 0.1) is 11.6 Å². The van der Waals surface area contributed by atoms with Crippen molar-refractivity contribution in [1.82, 2.24) is 9.80 Å². The highest BCUT2D eigenvalue weighted by atomic mass is 16.2. The Bertz CT molecular complexity index is 1000. The second kappa shape index (κ2) is 7.92. The fraction of sp³-hybridized carbons (Fsp3) is 0.292. The average molecular weight is 387 g/mol. The number of carbonyl (C=O) groups excluding carboxylic acids is 2. The van der Waals surface area contributed by atoms with E-state index in [0.29, 0.717) is 17.5 Å². The normalized spacial score (nSPS) is 21.0. The maximum Gasteiger partial charge on any atom is 0.271 e. The maximum atomic E-state index is 13.5. The summed E-state index contributed by atoms with van der Waals surface area (Å²) in [5.41, 5.74) is 1.36. The summed E-state index contributed by atoms with van der Waals surface area (Å²) in [5, 5.41) is 9.36. The molecular formula is C24H25N3O2. The molecule has 1 aliphatic heterocycles. The number of nitrogens with zero attached hydrogens (tertiary/aromatic N) is 3. The van der Waals surface area contributed by atoms with Crippen LogP contribution in [0.2, 0.25) is 0 Å². The highest BCUT2D eigenvalue weighted by Crippen LogP contribution is 2.34. The molecule has 148 valence electrons. The minimum Gasteiger partial charge on any atom is -0.320 e. The van der Waals surface area contributed by atoms with Crippen LogP contribution >= 0.6 is 0 Å². The molecule has 1 saturated heterocycles. The highest BCUT2D eigenvalue weighted by molar-refractivity contribution is 6.09. The van der Waals surface area contributed by atoms with Crippen molar-refractivity contribution >= 4 is 17.9 Å². The molecule has 1 aliphatic rings. The van der Waals surface area contributed by atoms with Crippen molar-refractivity contribution in [2.75, 3.05) is 7.05 Å². The zero-order valence-electron chi connectivity index (χ0n) is 17.2. The first-order valence-corrected chi connectivity index (χ1v) is 9.66. The Morgan fingerprint density at radius 3 is 2.31 bits per heavy atom. The Balaban J connectivity index is 2.08. The molecule has 5 nitrogen and oxygen atoms in total. The molecule has 1 fully saturated rings. The summed E-state index contributed by atoms with van der Waals surface area (Å²) < 4.78 is 0. The van der Waals surface area contributed by atoms with Crippen LogP contribution in [0.15, 0.2) is 60.3 Å². The van der Waals surface area contributed by atoms with Gasteiger partial charge in [-0.3, -0.25) is 9.59 Å². The topological polar surface area (TPSA) is 64.4 Å². The van der Waals surface area contributed by atoms with Gasteiger partial charge in [0.15, 0.2) is 0 Å². The van der Waals surface area contributed by atoms with E-state index in [0.717, 1.165) is 5.56 Å². The number of piperazine rings is 1. The van der Waals surface area contributed by atoms with Crippen LogP contribution in [0.1, 0.15) is 37.5 Å². The zero-order chi connectivity index (χ0) is 21.2. The predicted molar refractivity (Wildman–Crippen MR) is 112 cm³/mol. The molecule has 3 rings (SSSR count). The first kappa shape index (κ1) is 20.3. The molecule has 0 aromatic heterocycles. The average Bonchev–Trinajstić information content (AvgIpc) is 2.70. The third-order valence-electron chi connectivity index (χ3n) is 5.38. The Hall–Kier alpha value is -3.39. The number of hydrogen-bond donors (Lipinski definition) is 0. The van der Waals surface area contributed by atoms with Gasteiger partial charge in [-0.05, 0) is 44.0 Å². The molecule has 0 bridgehead atoms. The van der Waals surface area contributed by atoms with Crippen molar-refractivity contribution in [3.8, 4) is 6.07 Å². The molecule has 5 heteroatoms. The predicted octanol–water partition coefficient (Wildman–Crippen LogP) is 3.61. The third kappa shape index (κ3) is 3.66. The van der Waals surface area contributed by atoms with Crippen LogP contribution in [0.4, 0.5) is 0 Å². The van der Waals surface area contributed by atoms with Gasteiger partial charge in [0.25, 0.3) is 11.8 Å². The van der Waals surface area contributed by atoms with Gasteiger partial charge in [-0.25, -0.2) is 0 Å². The fourth-order valence-electron chi connectivity index (χ4n) is 4.05. The standard InChI is InChI=1S/C24H25N3O2/c1-17(2)27-22(28)21(14-19-12-8-9-13-20(19)16-25)26(4)23(29)24(27,3)15-18-10-6-5-7-11-18/h5-14,17H,15H2,1-4H3/b21-14-. The Labute approximate surface area is 171 Å². The summed E-state index contributed by atoms with van der Waals surface area (Å²) in [4.78, 5) is 30.1. The van der Waals surface area contributed by atoms with E-state index >= 15 is 0 Å². The molecule has 29 heavy (non-hydrogen) atoms. The summed E-state index contributed by atoms with van der Waals surface area (Å²) in [6.45, 7) is 5.66. The quantitative estimate of drug-likeness (QED) is 0.753. The molecule has 1 heterocycles. The summed E-state index contributed by atoms with van der Waals surface area (Å²) in [5.74, 6) is -0.358. The van der Waals surface area contributed by atoms with Crippen LogP contribution in [0.25, 0.3) is 6.08 Å². The maximum absolute atomic E-state index is 13.5. The van der Waals surface area contributed by atoms with E-state index in [1.165, 1.54) is 4.90 Å². The van der Waals surface area contributed by atoms with Gasteiger partial charge in [0.1, 0.15) is 11.2 Å². The SMILES string of the molecule is CC(C)N1C(=O)/C(=C/c2ccccc2C#N)N(C)C(=O)C1(C)Cc1ccccc1. The van der Waals surface area contributed by atoms with Gasteiger partial charge in [-0.1, -0.05) is 48.5 Å². The Kier molecular flexibility index (Phi) is 5.56. The van der Waals surface area contributed by atoms with Crippen LogP contribution in [0, 0.1) is 11.3 Å². The number of benzene rings is 2. The minimum absolute atomic E-state index is 0.143. The fourth-order valence-corrected chi connectivity index (χ4v) is 4.05. The molecule has 1 atom stereocenters. The van der Waals surface area contributed by atoms with E-state index in [2.05, 4.69) is 6.07 Å². The minimum atomic E-state index is -0.993. The lowest BCUT2D eigenvalue weighted by molar-refractivity contribution is -0.159. The zero-order valence-corrected chi connectivity index (χ0v) is 17.2. The molecule has 1 unspecified atom stereocenters. The lowest BCUT2D eigenvalue weighted by Crippen LogP contribution is -2.67. The molecule has 0 N–H and O–H groups in total. The lowest BCUT2D eigenvalue weighted by atomic mass is 9.85. The lowest BCUT2D eigenvalue weighted by Gasteiger charge is -2.49. The van der Waals surface area contributed by atoms with Crippen LogP contribution < -0.4 is 0 Å². The van der Waals surface area contributed by atoms with Crippen molar-refractivity contribution in [3.05, 3.63) is 77.0 Å². The van der Waals surface area contributed by atoms with Crippen molar-refractivity contribution in [2.45, 2.75) is 38.8 Å². The van der Waals surface area contributed by atoms with Gasteiger partial charge in [0.2, 0.25) is 0 Å². The molecule has 0 radical (unpaired) electrons. The summed E-state index contributed by atoms with van der Waals surface area (Å²) >= 11 is 0. The van der Waals surface area contributed by atoms with Crippen LogP contribution in [-0.2, 0) is 16.0 Å². The molecule has 2 aromatic carbocycles. The van der Waals surface area contributed by atoms with Crippen molar-refractivity contribution in [2.24, 2.45) is 0 Å². The number of likely N-dealkylation sites (N-methyl/N-ethyl adjacent to an activating group) is 1. The smallest absolute Gasteiger partial charge is 0.271 e. The van der Waals surface area contributed by atoms with E-state index in [1.807, 2.05) is 57.2 Å². The van der Waals surface area contributed by atoms with Gasteiger partial charge < -0.3 is 9.80 Å². The molecule has 0 aliphatic carbocycles. The number of amides is 2. The Morgan fingerprint density at radius 1 is 1.07 bits per heavy atom. The largest absolute Gasteiger partial charge is 0.320 e. The highest BCUT2D eigenvalue weighted by Gasteiger charge is 2.51. The first-order valence-electron chi connectivity index (χ1n) is 9.66. The molecular weight excluding hydrogens is 362 g/mol. The summed E-state index contributed by atoms with van der Waals surface area (Å²) in [6, 6.07) is 18.8. The van der Waals surface area contributed by atoms with Crippen molar-refractivity contribution in [1.29, 1.82) is 5.26 Å². The number of hydrogen-bond acceptors (Lipinski definition) is 3. The summed E-state index contributed by atoms with van der Waals surface area (Å²) in [7, 11) is 1.63. The van der Waals surface area contributed by atoms with E-state index in [1.54, 1.807) is 36.2 Å². The van der Waals surface area contributed by atoms with Gasteiger partial charge in [-0.15, -0.1) is 0 Å². The number of rotatable bonds is 4. The first-order chi connectivity index (χ1) is 13.8. The summed E-state index contributed by atoms with van der Waals surface area (Å²) in [6.07, 6.45) is 2.07. The van der Waals surface area contributed by atoms with Gasteiger partial charge >= 0.3 is 0 Å². The Morgan fingerprint density at radius 2 is 1.69 bits per heavy atom. The third-order valence-corrected chi connectivity index (χ3v) is 5.38. The molecule has 2 amide bonds. The van der Waals surface area contributed by atoms with E-state index < -0.39 is 5.54 Å². The monoisotopic (exact) mass is 387 g/mol. The van der Waals surface area contributed by atoms with E-state index in [-0.39, 0.29) is 23.6 Å². The number of carbonyl (C=O) groups is 2. The molecule has 2 aromatic rings.